The number of ether oxygens (including phenoxy) is 1. The molecular formula is C21H26N4O. The van der Waals surface area contributed by atoms with Crippen molar-refractivity contribution in [3.05, 3.63) is 65.4 Å². The quantitative estimate of drug-likeness (QED) is 0.472. The Labute approximate surface area is 154 Å². The van der Waals surface area contributed by atoms with Crippen LogP contribution >= 0.6 is 0 Å². The molecule has 1 heterocycles. The van der Waals surface area contributed by atoms with E-state index in [1.54, 1.807) is 14.2 Å². The van der Waals surface area contributed by atoms with Crippen LogP contribution in [0.3, 0.4) is 0 Å². The highest BCUT2D eigenvalue weighted by molar-refractivity contribution is 5.86. The van der Waals surface area contributed by atoms with Gasteiger partial charge in [-0.2, -0.15) is 0 Å². The molecule has 0 radical (unpaired) electrons. The minimum atomic E-state index is 0.663. The average molecular weight is 350 g/mol. The van der Waals surface area contributed by atoms with Gasteiger partial charge >= 0.3 is 0 Å². The lowest BCUT2D eigenvalue weighted by Crippen LogP contribution is -2.37. The Kier molecular flexibility index (Phi) is 5.79. The predicted octanol–water partition coefficient (Wildman–Crippen LogP) is 3.39. The highest BCUT2D eigenvalue weighted by atomic mass is 16.5. The molecule has 0 atom stereocenters. The number of rotatable bonds is 6. The first-order chi connectivity index (χ1) is 12.7. The van der Waals surface area contributed by atoms with Gasteiger partial charge in [-0.1, -0.05) is 30.3 Å². The van der Waals surface area contributed by atoms with E-state index in [1.165, 1.54) is 22.0 Å². The third kappa shape index (κ3) is 3.99. The van der Waals surface area contributed by atoms with E-state index in [9.17, 15) is 0 Å². The first kappa shape index (κ1) is 17.9. The van der Waals surface area contributed by atoms with Crippen LogP contribution in [0.25, 0.3) is 10.9 Å². The van der Waals surface area contributed by atoms with Crippen LogP contribution in [-0.4, -0.2) is 31.6 Å². The van der Waals surface area contributed by atoms with Crippen molar-refractivity contribution in [3.63, 3.8) is 0 Å². The van der Waals surface area contributed by atoms with Crippen molar-refractivity contribution in [2.24, 2.45) is 4.99 Å². The van der Waals surface area contributed by atoms with Crippen LogP contribution in [0.1, 0.15) is 16.7 Å². The summed E-state index contributed by atoms with van der Waals surface area (Å²) in [6.07, 6.45) is 3.03. The fraction of sp³-hybridized carbons (Fsp3) is 0.286. The summed E-state index contributed by atoms with van der Waals surface area (Å²) in [4.78, 5) is 7.66. The van der Waals surface area contributed by atoms with Gasteiger partial charge in [0.05, 0.1) is 7.11 Å². The lowest BCUT2D eigenvalue weighted by Gasteiger charge is -2.13. The largest absolute Gasteiger partial charge is 0.496 e. The zero-order valence-electron chi connectivity index (χ0n) is 15.6. The van der Waals surface area contributed by atoms with Gasteiger partial charge in [-0.05, 0) is 36.6 Å². The molecule has 3 N–H and O–H groups in total. The molecule has 0 aliphatic carbocycles. The summed E-state index contributed by atoms with van der Waals surface area (Å²) in [7, 11) is 3.47. The number of methoxy groups -OCH3 is 1. The van der Waals surface area contributed by atoms with E-state index in [4.69, 9.17) is 4.74 Å². The molecule has 3 rings (SSSR count). The standard InChI is InChI=1S/C21H26N4O/c1-15-7-6-9-18-20(15)17(14-24-18)11-12-23-21(22-2)25-13-16-8-4-5-10-19(16)26-3/h4-10,14,24H,11-13H2,1-3H3,(H2,22,23,25). The predicted molar refractivity (Wildman–Crippen MR) is 108 cm³/mol. The fourth-order valence-electron chi connectivity index (χ4n) is 3.21. The molecule has 0 saturated heterocycles. The molecule has 1 aromatic heterocycles. The molecule has 5 heteroatoms. The van der Waals surface area contributed by atoms with Gasteiger partial charge < -0.3 is 20.4 Å². The monoisotopic (exact) mass is 350 g/mol. The summed E-state index contributed by atoms with van der Waals surface area (Å²) in [6.45, 7) is 3.63. The minimum Gasteiger partial charge on any atom is -0.496 e. The van der Waals surface area contributed by atoms with Gasteiger partial charge in [0.25, 0.3) is 0 Å². The van der Waals surface area contributed by atoms with Gasteiger partial charge in [0.15, 0.2) is 5.96 Å². The normalized spacial score (nSPS) is 11.6. The number of guanidine groups is 1. The number of aryl methyl sites for hydroxylation is 1. The Hall–Kier alpha value is -2.95. The molecule has 0 fully saturated rings. The van der Waals surface area contributed by atoms with Gasteiger partial charge in [-0.3, -0.25) is 4.99 Å². The summed E-state index contributed by atoms with van der Waals surface area (Å²) in [6, 6.07) is 14.3. The molecule has 3 aromatic rings. The van der Waals surface area contributed by atoms with Crippen molar-refractivity contribution in [2.45, 2.75) is 19.9 Å². The van der Waals surface area contributed by atoms with Crippen molar-refractivity contribution in [3.8, 4) is 5.75 Å². The van der Waals surface area contributed by atoms with Gasteiger partial charge in [-0.25, -0.2) is 0 Å². The van der Waals surface area contributed by atoms with Crippen LogP contribution in [0.4, 0.5) is 0 Å². The maximum atomic E-state index is 5.39. The van der Waals surface area contributed by atoms with Crippen LogP contribution in [0, 0.1) is 6.92 Å². The number of nitrogens with one attached hydrogen (secondary N) is 3. The molecule has 0 unspecified atom stereocenters. The van der Waals surface area contributed by atoms with Crippen molar-refractivity contribution < 1.29 is 4.74 Å². The van der Waals surface area contributed by atoms with E-state index in [2.05, 4.69) is 51.9 Å². The van der Waals surface area contributed by atoms with Gasteiger partial charge in [0.1, 0.15) is 5.75 Å². The highest BCUT2D eigenvalue weighted by Gasteiger charge is 2.07. The first-order valence-electron chi connectivity index (χ1n) is 8.85. The topological polar surface area (TPSA) is 61.4 Å². The molecule has 0 bridgehead atoms. The lowest BCUT2D eigenvalue weighted by atomic mass is 10.1. The first-order valence-corrected chi connectivity index (χ1v) is 8.85. The third-order valence-electron chi connectivity index (χ3n) is 4.55. The molecule has 0 aliphatic heterocycles. The van der Waals surface area contributed by atoms with Crippen LogP contribution in [0.2, 0.25) is 0 Å². The number of hydrogen-bond donors (Lipinski definition) is 3. The van der Waals surface area contributed by atoms with E-state index in [0.29, 0.717) is 6.54 Å². The maximum Gasteiger partial charge on any atom is 0.191 e. The summed E-state index contributed by atoms with van der Waals surface area (Å²) in [5.74, 6) is 1.66. The Balaban J connectivity index is 1.56. The Morgan fingerprint density at radius 2 is 1.92 bits per heavy atom. The fourth-order valence-corrected chi connectivity index (χ4v) is 3.21. The van der Waals surface area contributed by atoms with E-state index < -0.39 is 0 Å². The van der Waals surface area contributed by atoms with Gasteiger partial charge in [0, 0.05) is 42.8 Å². The van der Waals surface area contributed by atoms with Crippen molar-refractivity contribution >= 4 is 16.9 Å². The molecule has 26 heavy (non-hydrogen) atoms. The third-order valence-corrected chi connectivity index (χ3v) is 4.55. The molecule has 5 nitrogen and oxygen atoms in total. The molecule has 0 spiro atoms. The molecular weight excluding hydrogens is 324 g/mol. The maximum absolute atomic E-state index is 5.39. The number of aromatic nitrogens is 1. The van der Waals surface area contributed by atoms with E-state index >= 15 is 0 Å². The Morgan fingerprint density at radius 3 is 2.73 bits per heavy atom. The number of aliphatic imine (C=N–C) groups is 1. The smallest absolute Gasteiger partial charge is 0.191 e. The number of nitrogens with zero attached hydrogens (tertiary/aromatic N) is 1. The van der Waals surface area contributed by atoms with E-state index in [1.807, 2.05) is 24.3 Å². The highest BCUT2D eigenvalue weighted by Crippen LogP contribution is 2.22. The number of H-pyrrole nitrogens is 1. The number of fused-ring (bicyclic) bond motifs is 1. The second-order valence-electron chi connectivity index (χ2n) is 6.23. The van der Waals surface area contributed by atoms with Crippen molar-refractivity contribution in [2.75, 3.05) is 20.7 Å². The molecule has 136 valence electrons. The number of hydrogen-bond acceptors (Lipinski definition) is 2. The van der Waals surface area contributed by atoms with Crippen molar-refractivity contribution in [1.82, 2.24) is 15.6 Å². The number of benzene rings is 2. The SMILES string of the molecule is CN=C(NCCc1c[nH]c2cccc(C)c12)NCc1ccccc1OC. The van der Waals surface area contributed by atoms with Gasteiger partial charge in [-0.15, -0.1) is 0 Å². The van der Waals surface area contributed by atoms with Crippen LogP contribution in [0.5, 0.6) is 5.75 Å². The summed E-state index contributed by atoms with van der Waals surface area (Å²) < 4.78 is 5.39. The minimum absolute atomic E-state index is 0.663. The number of aromatic amines is 1. The zero-order chi connectivity index (χ0) is 18.4. The molecule has 0 aliphatic rings. The summed E-state index contributed by atoms with van der Waals surface area (Å²) in [5, 5.41) is 8.05. The molecule has 0 saturated carbocycles. The van der Waals surface area contributed by atoms with E-state index in [0.717, 1.165) is 30.2 Å². The number of para-hydroxylation sites is 1. The molecule has 2 aromatic carbocycles. The van der Waals surface area contributed by atoms with Crippen molar-refractivity contribution in [1.29, 1.82) is 0 Å². The second-order valence-corrected chi connectivity index (χ2v) is 6.23. The average Bonchev–Trinajstić information content (AvgIpc) is 3.09. The summed E-state index contributed by atoms with van der Waals surface area (Å²) >= 11 is 0. The van der Waals surface area contributed by atoms with Gasteiger partial charge in [0.2, 0.25) is 0 Å². The van der Waals surface area contributed by atoms with E-state index in [-0.39, 0.29) is 0 Å². The van der Waals surface area contributed by atoms with Crippen LogP contribution in [0.15, 0.2) is 53.7 Å². The second kappa shape index (κ2) is 8.43. The zero-order valence-corrected chi connectivity index (χ0v) is 15.6. The molecule has 0 amide bonds. The Morgan fingerprint density at radius 1 is 1.08 bits per heavy atom. The van der Waals surface area contributed by atoms with Crippen LogP contribution in [-0.2, 0) is 13.0 Å². The lowest BCUT2D eigenvalue weighted by molar-refractivity contribution is 0.409. The van der Waals surface area contributed by atoms with Crippen LogP contribution < -0.4 is 15.4 Å². The Bertz CT molecular complexity index is 898. The summed E-state index contributed by atoms with van der Waals surface area (Å²) in [5.41, 5.74) is 4.92.